The molecule has 1 aliphatic rings. The second-order valence-electron chi connectivity index (χ2n) is 6.29. The van der Waals surface area contributed by atoms with Crippen LogP contribution in [0.1, 0.15) is 38.2 Å². The Morgan fingerprint density at radius 3 is 2.76 bits per heavy atom. The fraction of sp³-hybridized carbons (Fsp3) is 0.600. The van der Waals surface area contributed by atoms with Crippen molar-refractivity contribution in [2.75, 3.05) is 12.3 Å². The van der Waals surface area contributed by atoms with E-state index in [1.54, 1.807) is 12.1 Å². The summed E-state index contributed by atoms with van der Waals surface area (Å²) in [5.74, 6) is 0.393. The molecule has 1 aromatic carbocycles. The van der Waals surface area contributed by atoms with Gasteiger partial charge in [0.2, 0.25) is 10.0 Å². The van der Waals surface area contributed by atoms with E-state index in [9.17, 15) is 13.5 Å². The van der Waals surface area contributed by atoms with Gasteiger partial charge in [-0.15, -0.1) is 0 Å². The maximum Gasteiger partial charge on any atom is 0.243 e. The van der Waals surface area contributed by atoms with E-state index in [4.69, 9.17) is 5.73 Å². The molecule has 0 spiro atoms. The van der Waals surface area contributed by atoms with Crippen LogP contribution < -0.4 is 10.5 Å². The van der Waals surface area contributed by atoms with Gasteiger partial charge in [0.05, 0.1) is 17.8 Å². The Morgan fingerprint density at radius 1 is 1.48 bits per heavy atom. The van der Waals surface area contributed by atoms with E-state index >= 15 is 0 Å². The van der Waals surface area contributed by atoms with E-state index in [1.807, 2.05) is 6.92 Å². The molecule has 0 aliphatic heterocycles. The molecule has 2 unspecified atom stereocenters. The molecule has 1 aliphatic carbocycles. The molecular weight excluding hydrogens is 288 g/mol. The van der Waals surface area contributed by atoms with Gasteiger partial charge in [-0.05, 0) is 43.4 Å². The summed E-state index contributed by atoms with van der Waals surface area (Å²) in [5, 5.41) is 9.72. The van der Waals surface area contributed by atoms with Crippen molar-refractivity contribution in [3.05, 3.63) is 23.8 Å². The smallest absolute Gasteiger partial charge is 0.243 e. The third kappa shape index (κ3) is 3.56. The lowest BCUT2D eigenvalue weighted by atomic mass is 9.78. The van der Waals surface area contributed by atoms with Crippen LogP contribution >= 0.6 is 0 Å². The van der Waals surface area contributed by atoms with Crippen molar-refractivity contribution in [2.45, 2.75) is 50.0 Å². The molecule has 4 N–H and O–H groups in total. The molecule has 0 bridgehead atoms. The SMILES string of the molecule is Cc1ccc(S(=O)(=O)NC2(CO)CCCC(C)C2)c(N)c1. The highest BCUT2D eigenvalue weighted by atomic mass is 32.2. The van der Waals surface area contributed by atoms with Gasteiger partial charge in [-0.1, -0.05) is 25.8 Å². The molecule has 21 heavy (non-hydrogen) atoms. The number of hydrogen-bond acceptors (Lipinski definition) is 4. The zero-order valence-electron chi connectivity index (χ0n) is 12.6. The van der Waals surface area contributed by atoms with Crippen molar-refractivity contribution in [3.63, 3.8) is 0 Å². The Labute approximate surface area is 126 Å². The highest BCUT2D eigenvalue weighted by Crippen LogP contribution is 2.33. The highest BCUT2D eigenvalue weighted by molar-refractivity contribution is 7.89. The van der Waals surface area contributed by atoms with Crippen LogP contribution in [-0.4, -0.2) is 25.7 Å². The number of aliphatic hydroxyl groups excluding tert-OH is 1. The first-order valence-electron chi connectivity index (χ1n) is 7.29. The molecule has 0 saturated heterocycles. The first kappa shape index (κ1) is 16.3. The molecule has 0 radical (unpaired) electrons. The molecule has 118 valence electrons. The molecule has 2 atom stereocenters. The third-order valence-corrected chi connectivity index (χ3v) is 5.85. The second-order valence-corrected chi connectivity index (χ2v) is 7.94. The van der Waals surface area contributed by atoms with Gasteiger partial charge in [0.1, 0.15) is 4.90 Å². The van der Waals surface area contributed by atoms with Crippen molar-refractivity contribution >= 4 is 15.7 Å². The molecule has 6 heteroatoms. The highest BCUT2D eigenvalue weighted by Gasteiger charge is 2.38. The summed E-state index contributed by atoms with van der Waals surface area (Å²) in [6.07, 6.45) is 3.27. The molecule has 0 heterocycles. The summed E-state index contributed by atoms with van der Waals surface area (Å²) in [6, 6.07) is 4.88. The number of sulfonamides is 1. The number of nitrogens with one attached hydrogen (secondary N) is 1. The fourth-order valence-corrected chi connectivity index (χ4v) is 4.73. The van der Waals surface area contributed by atoms with Crippen LogP contribution in [0.5, 0.6) is 0 Å². The predicted octanol–water partition coefficient (Wildman–Crippen LogP) is 1.80. The largest absolute Gasteiger partial charge is 0.398 e. The number of nitrogens with two attached hydrogens (primary N) is 1. The average Bonchev–Trinajstić information content (AvgIpc) is 2.37. The zero-order chi connectivity index (χ0) is 15.7. The Bertz CT molecular complexity index is 615. The van der Waals surface area contributed by atoms with Crippen LogP contribution in [0.4, 0.5) is 5.69 Å². The van der Waals surface area contributed by atoms with E-state index in [0.717, 1.165) is 18.4 Å². The summed E-state index contributed by atoms with van der Waals surface area (Å²) in [5.41, 5.74) is 6.22. The number of hydrogen-bond donors (Lipinski definition) is 3. The Kier molecular flexibility index (Phi) is 4.60. The number of benzene rings is 1. The lowest BCUT2D eigenvalue weighted by Crippen LogP contribution is -2.53. The second kappa shape index (κ2) is 5.94. The minimum atomic E-state index is -3.74. The molecule has 1 saturated carbocycles. The Hall–Kier alpha value is -1.11. The van der Waals surface area contributed by atoms with Crippen LogP contribution in [0, 0.1) is 12.8 Å². The van der Waals surface area contributed by atoms with Crippen LogP contribution in [0.15, 0.2) is 23.1 Å². The fourth-order valence-electron chi connectivity index (χ4n) is 3.18. The molecule has 1 fully saturated rings. The molecule has 5 nitrogen and oxygen atoms in total. The standard InChI is InChI=1S/C15H24N2O3S/c1-11-5-6-14(13(16)8-11)21(19,20)17-15(10-18)7-3-4-12(2)9-15/h5-6,8,12,17-18H,3-4,7,9-10,16H2,1-2H3. The minimum absolute atomic E-state index is 0.0825. The van der Waals surface area contributed by atoms with Gasteiger partial charge in [0.25, 0.3) is 0 Å². The maximum atomic E-state index is 12.6. The molecular formula is C15H24N2O3S. The summed E-state index contributed by atoms with van der Waals surface area (Å²) < 4.78 is 27.9. The molecule has 0 aromatic heterocycles. The summed E-state index contributed by atoms with van der Waals surface area (Å²) in [4.78, 5) is 0.0825. The molecule has 2 rings (SSSR count). The monoisotopic (exact) mass is 312 g/mol. The summed E-state index contributed by atoms with van der Waals surface area (Å²) in [7, 11) is -3.74. The van der Waals surface area contributed by atoms with Gasteiger partial charge >= 0.3 is 0 Å². The van der Waals surface area contributed by atoms with Crippen molar-refractivity contribution < 1.29 is 13.5 Å². The predicted molar refractivity (Wildman–Crippen MR) is 83.4 cm³/mol. The van der Waals surface area contributed by atoms with E-state index in [-0.39, 0.29) is 17.2 Å². The summed E-state index contributed by atoms with van der Waals surface area (Å²) in [6.45, 7) is 3.75. The van der Waals surface area contributed by atoms with Crippen LogP contribution in [-0.2, 0) is 10.0 Å². The number of aryl methyl sites for hydroxylation is 1. The van der Waals surface area contributed by atoms with E-state index in [2.05, 4.69) is 11.6 Å². The zero-order valence-corrected chi connectivity index (χ0v) is 13.4. The van der Waals surface area contributed by atoms with Crippen molar-refractivity contribution in [1.29, 1.82) is 0 Å². The van der Waals surface area contributed by atoms with Crippen molar-refractivity contribution in [1.82, 2.24) is 4.72 Å². The Morgan fingerprint density at radius 2 is 2.19 bits per heavy atom. The maximum absolute atomic E-state index is 12.6. The number of anilines is 1. The lowest BCUT2D eigenvalue weighted by molar-refractivity contribution is 0.120. The van der Waals surface area contributed by atoms with Gasteiger partial charge in [-0.25, -0.2) is 13.1 Å². The third-order valence-electron chi connectivity index (χ3n) is 4.20. The topological polar surface area (TPSA) is 92.4 Å². The van der Waals surface area contributed by atoms with Crippen molar-refractivity contribution in [3.8, 4) is 0 Å². The van der Waals surface area contributed by atoms with Crippen LogP contribution in [0.3, 0.4) is 0 Å². The van der Waals surface area contributed by atoms with Gasteiger partial charge in [-0.2, -0.15) is 0 Å². The van der Waals surface area contributed by atoms with E-state index < -0.39 is 15.6 Å². The number of rotatable bonds is 4. The molecule has 0 amide bonds. The van der Waals surface area contributed by atoms with Crippen LogP contribution in [0.2, 0.25) is 0 Å². The van der Waals surface area contributed by atoms with Crippen LogP contribution in [0.25, 0.3) is 0 Å². The van der Waals surface area contributed by atoms with Gasteiger partial charge < -0.3 is 10.8 Å². The lowest BCUT2D eigenvalue weighted by Gasteiger charge is -2.39. The minimum Gasteiger partial charge on any atom is -0.398 e. The Balaban J connectivity index is 2.31. The summed E-state index contributed by atoms with van der Waals surface area (Å²) >= 11 is 0. The van der Waals surface area contributed by atoms with Gasteiger partial charge in [0.15, 0.2) is 0 Å². The quantitative estimate of drug-likeness (QED) is 0.739. The first-order chi connectivity index (χ1) is 9.78. The first-order valence-corrected chi connectivity index (χ1v) is 8.77. The van der Waals surface area contributed by atoms with E-state index in [1.165, 1.54) is 6.07 Å². The molecule has 1 aromatic rings. The number of nitrogen functional groups attached to an aromatic ring is 1. The normalized spacial score (nSPS) is 26.7. The van der Waals surface area contributed by atoms with Gasteiger partial charge in [-0.3, -0.25) is 0 Å². The average molecular weight is 312 g/mol. The van der Waals surface area contributed by atoms with E-state index in [0.29, 0.717) is 18.8 Å². The van der Waals surface area contributed by atoms with Gasteiger partial charge in [0, 0.05) is 0 Å². The van der Waals surface area contributed by atoms with Crippen molar-refractivity contribution in [2.24, 2.45) is 5.92 Å². The number of aliphatic hydroxyl groups is 1.